The van der Waals surface area contributed by atoms with Crippen molar-refractivity contribution < 1.29 is 4.79 Å². The summed E-state index contributed by atoms with van der Waals surface area (Å²) in [5.74, 6) is 0.0239. The number of nitrogens with zero attached hydrogens (tertiary/aromatic N) is 3. The number of hydrogen-bond donors (Lipinski definition) is 1. The molecule has 3 rings (SSSR count). The molecule has 0 saturated carbocycles. The second-order valence-corrected chi connectivity index (χ2v) is 7.22. The lowest BCUT2D eigenvalue weighted by molar-refractivity contribution is -0.128. The molecule has 0 aliphatic carbocycles. The predicted octanol–water partition coefficient (Wildman–Crippen LogP) is 3.64. The summed E-state index contributed by atoms with van der Waals surface area (Å²) >= 11 is 4.79. The summed E-state index contributed by atoms with van der Waals surface area (Å²) in [5, 5.41) is 0.324. The summed E-state index contributed by atoms with van der Waals surface area (Å²) in [6, 6.07) is 11.6. The lowest BCUT2D eigenvalue weighted by Crippen LogP contribution is -2.26. The smallest absolute Gasteiger partial charge is 0.240 e. The molecular formula is C16H15BrN4OS. The molecule has 0 aliphatic heterocycles. The minimum absolute atomic E-state index is 0.0239. The fraction of sp³-hybridized carbons (Fsp3) is 0.188. The molecule has 0 radical (unpaired) electrons. The molecule has 7 heteroatoms. The van der Waals surface area contributed by atoms with Crippen LogP contribution in [0.25, 0.3) is 11.2 Å². The second kappa shape index (κ2) is 6.72. The highest BCUT2D eigenvalue weighted by Gasteiger charge is 2.25. The summed E-state index contributed by atoms with van der Waals surface area (Å²) in [4.78, 5) is 26.1. The fourth-order valence-electron chi connectivity index (χ4n) is 2.14. The Morgan fingerprint density at radius 1 is 1.30 bits per heavy atom. The summed E-state index contributed by atoms with van der Waals surface area (Å²) in [6.07, 6.45) is 1.71. The van der Waals surface area contributed by atoms with Crippen molar-refractivity contribution in [2.24, 2.45) is 0 Å². The average Bonchev–Trinajstić information content (AvgIpc) is 2.94. The molecule has 23 heavy (non-hydrogen) atoms. The molecule has 0 fully saturated rings. The van der Waals surface area contributed by atoms with Gasteiger partial charge in [-0.15, -0.1) is 0 Å². The molecule has 1 aromatic carbocycles. The summed E-state index contributed by atoms with van der Waals surface area (Å²) in [5.41, 5.74) is 2.43. The van der Waals surface area contributed by atoms with Crippen molar-refractivity contribution in [3.63, 3.8) is 0 Å². The van der Waals surface area contributed by atoms with Gasteiger partial charge >= 0.3 is 0 Å². The number of fused-ring (bicyclic) bond motifs is 1. The van der Waals surface area contributed by atoms with Crippen LogP contribution in [0.1, 0.15) is 10.8 Å². The molecule has 3 aromatic rings. The van der Waals surface area contributed by atoms with E-state index in [-0.39, 0.29) is 11.2 Å². The summed E-state index contributed by atoms with van der Waals surface area (Å²) in [7, 11) is 3.52. The van der Waals surface area contributed by atoms with E-state index in [4.69, 9.17) is 0 Å². The summed E-state index contributed by atoms with van der Waals surface area (Å²) < 4.78 is 0.883. The third-order valence-corrected chi connectivity index (χ3v) is 4.84. The zero-order chi connectivity index (χ0) is 16.4. The van der Waals surface area contributed by atoms with Crippen LogP contribution in [0.5, 0.6) is 0 Å². The van der Waals surface area contributed by atoms with E-state index in [0.717, 1.165) is 15.6 Å². The van der Waals surface area contributed by atoms with Crippen LogP contribution >= 0.6 is 27.7 Å². The van der Waals surface area contributed by atoms with Gasteiger partial charge in [0, 0.05) is 24.8 Å². The Hall–Kier alpha value is -1.86. The van der Waals surface area contributed by atoms with Crippen molar-refractivity contribution in [2.75, 3.05) is 14.1 Å². The maximum Gasteiger partial charge on any atom is 0.240 e. The normalized spacial score (nSPS) is 12.3. The van der Waals surface area contributed by atoms with Crippen molar-refractivity contribution in [3.8, 4) is 0 Å². The number of aromatic nitrogens is 3. The van der Waals surface area contributed by atoms with Crippen molar-refractivity contribution in [2.45, 2.75) is 10.4 Å². The largest absolute Gasteiger partial charge is 0.348 e. The first-order chi connectivity index (χ1) is 11.0. The first kappa shape index (κ1) is 16.0. The topological polar surface area (TPSA) is 61.9 Å². The maximum atomic E-state index is 12.6. The number of imidazole rings is 1. The van der Waals surface area contributed by atoms with Gasteiger partial charge < -0.3 is 9.88 Å². The molecule has 0 aliphatic rings. The van der Waals surface area contributed by atoms with Crippen LogP contribution in [0.2, 0.25) is 0 Å². The van der Waals surface area contributed by atoms with Crippen LogP contribution in [0.3, 0.4) is 0 Å². The monoisotopic (exact) mass is 390 g/mol. The quantitative estimate of drug-likeness (QED) is 0.690. The Morgan fingerprint density at radius 2 is 2.04 bits per heavy atom. The number of thioether (sulfide) groups is 1. The third kappa shape index (κ3) is 3.56. The zero-order valence-electron chi connectivity index (χ0n) is 12.7. The van der Waals surface area contributed by atoms with Gasteiger partial charge in [-0.1, -0.05) is 42.1 Å². The zero-order valence-corrected chi connectivity index (χ0v) is 15.1. The Labute approximate surface area is 146 Å². The van der Waals surface area contributed by atoms with Gasteiger partial charge in [0.1, 0.15) is 5.25 Å². The van der Waals surface area contributed by atoms with E-state index in [1.54, 1.807) is 25.2 Å². The highest BCUT2D eigenvalue weighted by molar-refractivity contribution is 9.10. The molecule has 2 heterocycles. The van der Waals surface area contributed by atoms with E-state index in [1.165, 1.54) is 11.8 Å². The molecule has 2 aromatic heterocycles. The van der Waals surface area contributed by atoms with E-state index < -0.39 is 0 Å². The third-order valence-electron chi connectivity index (χ3n) is 3.28. The Morgan fingerprint density at radius 3 is 2.74 bits per heavy atom. The molecule has 0 spiro atoms. The van der Waals surface area contributed by atoms with Gasteiger partial charge in [0.2, 0.25) is 5.91 Å². The van der Waals surface area contributed by atoms with E-state index in [1.807, 2.05) is 36.4 Å². The Kier molecular flexibility index (Phi) is 4.68. The minimum Gasteiger partial charge on any atom is -0.348 e. The Balaban J connectivity index is 1.95. The minimum atomic E-state index is -0.352. The first-order valence-electron chi connectivity index (χ1n) is 6.98. The number of amides is 1. The molecule has 1 atom stereocenters. The van der Waals surface area contributed by atoms with Gasteiger partial charge in [0.05, 0.1) is 5.52 Å². The number of rotatable bonds is 4. The van der Waals surface area contributed by atoms with Crippen LogP contribution < -0.4 is 0 Å². The number of carbonyl (C=O) groups is 1. The lowest BCUT2D eigenvalue weighted by atomic mass is 10.1. The number of halogens is 1. The van der Waals surface area contributed by atoms with Crippen LogP contribution in [0.4, 0.5) is 0 Å². The molecule has 118 valence electrons. The number of hydrogen-bond acceptors (Lipinski definition) is 4. The van der Waals surface area contributed by atoms with Crippen molar-refractivity contribution >= 4 is 44.8 Å². The molecule has 5 nitrogen and oxygen atoms in total. The van der Waals surface area contributed by atoms with Gasteiger partial charge in [-0.3, -0.25) is 4.79 Å². The summed E-state index contributed by atoms with van der Waals surface area (Å²) in [6.45, 7) is 0. The van der Waals surface area contributed by atoms with E-state index >= 15 is 0 Å². The predicted molar refractivity (Wildman–Crippen MR) is 95.3 cm³/mol. The van der Waals surface area contributed by atoms with Gasteiger partial charge in [-0.25, -0.2) is 9.97 Å². The van der Waals surface area contributed by atoms with Gasteiger partial charge in [0.25, 0.3) is 0 Å². The molecule has 0 bridgehead atoms. The van der Waals surface area contributed by atoms with Crippen LogP contribution in [-0.4, -0.2) is 39.9 Å². The van der Waals surface area contributed by atoms with Gasteiger partial charge in [-0.05, 0) is 27.6 Å². The number of benzene rings is 1. The number of aromatic amines is 1. The fourth-order valence-corrected chi connectivity index (χ4v) is 3.61. The highest BCUT2D eigenvalue weighted by Crippen LogP contribution is 2.35. The van der Waals surface area contributed by atoms with Crippen molar-refractivity contribution in [1.82, 2.24) is 19.9 Å². The van der Waals surface area contributed by atoms with Crippen molar-refractivity contribution in [1.29, 1.82) is 0 Å². The Bertz CT molecular complexity index is 834. The molecular weight excluding hydrogens is 376 g/mol. The lowest BCUT2D eigenvalue weighted by Gasteiger charge is -2.19. The highest BCUT2D eigenvalue weighted by atomic mass is 79.9. The first-order valence-corrected chi connectivity index (χ1v) is 8.66. The standard InChI is InChI=1S/C16H15BrN4OS/c1-21(2)15(22)13(10-6-4-3-5-7-10)23-16-19-12-8-11(17)9-18-14(12)20-16/h3-9,13H,1-2H3,(H,18,19,20)/t13-/m0/s1. The van der Waals surface area contributed by atoms with Crippen LogP contribution in [-0.2, 0) is 4.79 Å². The van der Waals surface area contributed by atoms with Crippen molar-refractivity contribution in [3.05, 3.63) is 52.6 Å². The van der Waals surface area contributed by atoms with E-state index in [2.05, 4.69) is 30.9 Å². The molecule has 1 amide bonds. The van der Waals surface area contributed by atoms with Gasteiger partial charge in [0.15, 0.2) is 10.8 Å². The number of H-pyrrole nitrogens is 1. The average molecular weight is 391 g/mol. The number of likely N-dealkylation sites (N-methyl/N-ethyl adjacent to an activating group) is 1. The maximum absolute atomic E-state index is 12.6. The molecule has 0 unspecified atom stereocenters. The number of carbonyl (C=O) groups excluding carboxylic acids is 1. The number of pyridine rings is 1. The van der Waals surface area contributed by atoms with E-state index in [9.17, 15) is 4.79 Å². The van der Waals surface area contributed by atoms with Crippen LogP contribution in [0, 0.1) is 0 Å². The van der Waals surface area contributed by atoms with Crippen LogP contribution in [0.15, 0.2) is 52.2 Å². The van der Waals surface area contributed by atoms with Gasteiger partial charge in [-0.2, -0.15) is 0 Å². The second-order valence-electron chi connectivity index (χ2n) is 5.21. The molecule has 0 saturated heterocycles. The van der Waals surface area contributed by atoms with E-state index in [0.29, 0.717) is 10.8 Å². The SMILES string of the molecule is CN(C)C(=O)[C@@H](Sc1nc2ncc(Br)cc2[nH]1)c1ccccc1. The number of nitrogens with one attached hydrogen (secondary N) is 1. The molecule has 1 N–H and O–H groups in total.